The van der Waals surface area contributed by atoms with Crippen molar-refractivity contribution in [2.24, 2.45) is 7.05 Å². The van der Waals surface area contributed by atoms with Crippen molar-refractivity contribution >= 4 is 23.2 Å². The number of aliphatic hydroxyl groups is 1. The highest BCUT2D eigenvalue weighted by Crippen LogP contribution is 2.29. The third-order valence-electron chi connectivity index (χ3n) is 2.70. The second-order valence-corrected chi connectivity index (χ2v) is 4.62. The van der Waals surface area contributed by atoms with Gasteiger partial charge < -0.3 is 9.67 Å². The van der Waals surface area contributed by atoms with Gasteiger partial charge in [-0.25, -0.2) is 4.98 Å². The zero-order valence-corrected chi connectivity index (χ0v) is 10.8. The molecule has 90 valence electrons. The van der Waals surface area contributed by atoms with Crippen LogP contribution in [0, 0.1) is 0 Å². The van der Waals surface area contributed by atoms with Gasteiger partial charge in [0.1, 0.15) is 5.82 Å². The third-order valence-corrected chi connectivity index (χ3v) is 3.44. The van der Waals surface area contributed by atoms with Gasteiger partial charge in [-0.05, 0) is 17.7 Å². The Labute approximate surface area is 110 Å². The van der Waals surface area contributed by atoms with Crippen molar-refractivity contribution in [1.29, 1.82) is 0 Å². The average Bonchev–Trinajstić information content (AvgIpc) is 2.71. The van der Waals surface area contributed by atoms with Crippen LogP contribution in [0.4, 0.5) is 0 Å². The standard InChI is InChI=1S/C12H12Cl2N2O/c1-16-5-4-15-12(16)9(7-17)8-2-3-10(13)11(14)6-8/h2-6,9,17H,7H2,1H3. The third kappa shape index (κ3) is 2.46. The molecule has 0 saturated heterocycles. The summed E-state index contributed by atoms with van der Waals surface area (Å²) in [4.78, 5) is 4.24. The molecule has 0 aliphatic carbocycles. The van der Waals surface area contributed by atoms with E-state index < -0.39 is 0 Å². The summed E-state index contributed by atoms with van der Waals surface area (Å²) in [7, 11) is 1.89. The molecule has 0 radical (unpaired) electrons. The van der Waals surface area contributed by atoms with Crippen molar-refractivity contribution in [3.63, 3.8) is 0 Å². The second-order valence-electron chi connectivity index (χ2n) is 3.81. The van der Waals surface area contributed by atoms with E-state index in [0.717, 1.165) is 11.4 Å². The lowest BCUT2D eigenvalue weighted by Crippen LogP contribution is -2.11. The summed E-state index contributed by atoms with van der Waals surface area (Å²) < 4.78 is 1.88. The average molecular weight is 271 g/mol. The van der Waals surface area contributed by atoms with Crippen LogP contribution in [-0.4, -0.2) is 21.3 Å². The second kappa shape index (κ2) is 5.08. The Kier molecular flexibility index (Phi) is 3.72. The van der Waals surface area contributed by atoms with Crippen molar-refractivity contribution in [1.82, 2.24) is 9.55 Å². The fourth-order valence-corrected chi connectivity index (χ4v) is 2.08. The summed E-state index contributed by atoms with van der Waals surface area (Å²) >= 11 is 11.8. The summed E-state index contributed by atoms with van der Waals surface area (Å²) in [5, 5.41) is 10.5. The van der Waals surface area contributed by atoms with E-state index in [1.54, 1.807) is 18.3 Å². The van der Waals surface area contributed by atoms with Crippen LogP contribution in [-0.2, 0) is 7.05 Å². The number of imidazole rings is 1. The number of aliphatic hydroxyl groups excluding tert-OH is 1. The smallest absolute Gasteiger partial charge is 0.118 e. The predicted molar refractivity (Wildman–Crippen MR) is 68.6 cm³/mol. The Morgan fingerprint density at radius 3 is 2.65 bits per heavy atom. The molecule has 3 nitrogen and oxygen atoms in total. The van der Waals surface area contributed by atoms with E-state index in [2.05, 4.69) is 4.98 Å². The number of rotatable bonds is 3. The first-order valence-corrected chi connectivity index (χ1v) is 5.92. The minimum absolute atomic E-state index is 0.0250. The zero-order valence-electron chi connectivity index (χ0n) is 9.27. The molecule has 1 atom stereocenters. The van der Waals surface area contributed by atoms with Gasteiger partial charge in [-0.2, -0.15) is 0 Å². The maximum atomic E-state index is 9.51. The van der Waals surface area contributed by atoms with E-state index in [4.69, 9.17) is 23.2 Å². The first kappa shape index (κ1) is 12.4. The molecule has 0 bridgehead atoms. The minimum Gasteiger partial charge on any atom is -0.395 e. The Hall–Kier alpha value is -1.03. The Morgan fingerprint density at radius 2 is 2.12 bits per heavy atom. The number of hydrogen-bond donors (Lipinski definition) is 1. The monoisotopic (exact) mass is 270 g/mol. The lowest BCUT2D eigenvalue weighted by Gasteiger charge is -2.15. The molecule has 17 heavy (non-hydrogen) atoms. The van der Waals surface area contributed by atoms with Crippen LogP contribution in [0.1, 0.15) is 17.3 Å². The Balaban J connectivity index is 2.42. The van der Waals surface area contributed by atoms with E-state index in [0.29, 0.717) is 10.0 Å². The normalized spacial score (nSPS) is 12.7. The molecule has 1 unspecified atom stereocenters. The van der Waals surface area contributed by atoms with Gasteiger partial charge >= 0.3 is 0 Å². The zero-order chi connectivity index (χ0) is 12.4. The Bertz CT molecular complexity index is 525. The van der Waals surface area contributed by atoms with E-state index in [9.17, 15) is 5.11 Å². The predicted octanol–water partition coefficient (Wildman–Crippen LogP) is 2.85. The molecular weight excluding hydrogens is 259 g/mol. The van der Waals surface area contributed by atoms with Crippen LogP contribution in [0.3, 0.4) is 0 Å². The highest BCUT2D eigenvalue weighted by molar-refractivity contribution is 6.42. The van der Waals surface area contributed by atoms with Crippen molar-refractivity contribution in [3.05, 3.63) is 52.0 Å². The van der Waals surface area contributed by atoms with Crippen molar-refractivity contribution < 1.29 is 5.11 Å². The SMILES string of the molecule is Cn1ccnc1C(CO)c1ccc(Cl)c(Cl)c1. The van der Waals surface area contributed by atoms with Gasteiger partial charge in [-0.15, -0.1) is 0 Å². The molecular formula is C12H12Cl2N2O. The molecule has 0 fully saturated rings. The van der Waals surface area contributed by atoms with Crippen molar-refractivity contribution in [2.45, 2.75) is 5.92 Å². The van der Waals surface area contributed by atoms with E-state index >= 15 is 0 Å². The minimum atomic E-state index is -0.190. The summed E-state index contributed by atoms with van der Waals surface area (Å²) in [5.41, 5.74) is 0.899. The molecule has 0 aliphatic heterocycles. The maximum Gasteiger partial charge on any atom is 0.118 e. The van der Waals surface area contributed by atoms with Crippen molar-refractivity contribution in [3.8, 4) is 0 Å². The first-order valence-electron chi connectivity index (χ1n) is 5.16. The van der Waals surface area contributed by atoms with Crippen LogP contribution in [0.5, 0.6) is 0 Å². The molecule has 5 heteroatoms. The highest BCUT2D eigenvalue weighted by atomic mass is 35.5. The topological polar surface area (TPSA) is 38.0 Å². The molecule has 1 aromatic carbocycles. The molecule has 1 aromatic heterocycles. The van der Waals surface area contributed by atoms with Gasteiger partial charge in [-0.3, -0.25) is 0 Å². The molecule has 0 aliphatic rings. The van der Waals surface area contributed by atoms with Crippen LogP contribution >= 0.6 is 23.2 Å². The molecule has 0 amide bonds. The number of halogens is 2. The van der Waals surface area contributed by atoms with Crippen LogP contribution < -0.4 is 0 Å². The lowest BCUT2D eigenvalue weighted by atomic mass is 9.99. The van der Waals surface area contributed by atoms with Gasteiger partial charge in [0.2, 0.25) is 0 Å². The molecule has 0 saturated carbocycles. The molecule has 1 N–H and O–H groups in total. The van der Waals surface area contributed by atoms with Crippen LogP contribution in [0.2, 0.25) is 10.0 Å². The fourth-order valence-electron chi connectivity index (χ4n) is 1.78. The lowest BCUT2D eigenvalue weighted by molar-refractivity contribution is 0.275. The highest BCUT2D eigenvalue weighted by Gasteiger charge is 2.18. The largest absolute Gasteiger partial charge is 0.395 e. The molecule has 2 rings (SSSR count). The molecule has 0 spiro atoms. The van der Waals surface area contributed by atoms with Crippen LogP contribution in [0.25, 0.3) is 0 Å². The van der Waals surface area contributed by atoms with Crippen molar-refractivity contribution in [2.75, 3.05) is 6.61 Å². The van der Waals surface area contributed by atoms with E-state index in [1.807, 2.05) is 23.9 Å². The van der Waals surface area contributed by atoms with E-state index in [-0.39, 0.29) is 12.5 Å². The van der Waals surface area contributed by atoms with Gasteiger partial charge in [0, 0.05) is 19.4 Å². The molecule has 2 aromatic rings. The van der Waals surface area contributed by atoms with Gasteiger partial charge in [-0.1, -0.05) is 29.3 Å². The quantitative estimate of drug-likeness (QED) is 0.932. The fraction of sp³-hybridized carbons (Fsp3) is 0.250. The summed E-state index contributed by atoms with van der Waals surface area (Å²) in [6, 6.07) is 5.34. The molecule has 1 heterocycles. The number of aryl methyl sites for hydroxylation is 1. The first-order chi connectivity index (χ1) is 8.13. The number of hydrogen-bond acceptors (Lipinski definition) is 2. The van der Waals surface area contributed by atoms with Gasteiger partial charge in [0.25, 0.3) is 0 Å². The maximum absolute atomic E-state index is 9.51. The van der Waals surface area contributed by atoms with Crippen LogP contribution in [0.15, 0.2) is 30.6 Å². The van der Waals surface area contributed by atoms with E-state index in [1.165, 1.54) is 0 Å². The number of nitrogens with zero attached hydrogens (tertiary/aromatic N) is 2. The summed E-state index contributed by atoms with van der Waals surface area (Å²) in [5.74, 6) is 0.607. The van der Waals surface area contributed by atoms with Gasteiger partial charge in [0.05, 0.1) is 22.6 Å². The number of benzene rings is 1. The summed E-state index contributed by atoms with van der Waals surface area (Å²) in [6.07, 6.45) is 3.55. The Morgan fingerprint density at radius 1 is 1.35 bits per heavy atom. The van der Waals surface area contributed by atoms with Gasteiger partial charge in [0.15, 0.2) is 0 Å². The summed E-state index contributed by atoms with van der Waals surface area (Å²) in [6.45, 7) is -0.0250. The number of aromatic nitrogens is 2.